The number of imide groups is 1. The number of hydrogen-bond donors (Lipinski definition) is 1. The number of halogens is 2. The van der Waals surface area contributed by atoms with E-state index in [1.165, 1.54) is 17.0 Å². The van der Waals surface area contributed by atoms with E-state index < -0.39 is 20.5 Å². The van der Waals surface area contributed by atoms with E-state index in [1.807, 2.05) is 48.5 Å². The first-order chi connectivity index (χ1) is 14.4. The average molecular weight is 525 g/mol. The highest BCUT2D eigenvalue weighted by Crippen LogP contribution is 2.70. The zero-order valence-corrected chi connectivity index (χ0v) is 18.7. The van der Waals surface area contributed by atoms with E-state index in [1.54, 1.807) is 12.1 Å². The number of rotatable bonds is 1. The molecule has 7 rings (SSSR count). The van der Waals surface area contributed by atoms with Crippen LogP contribution in [0.15, 0.2) is 72.8 Å². The molecule has 148 valence electrons. The minimum Gasteiger partial charge on any atom is -0.508 e. The predicted molar refractivity (Wildman–Crippen MR) is 120 cm³/mol. The van der Waals surface area contributed by atoms with Crippen LogP contribution in [0.2, 0.25) is 0 Å². The van der Waals surface area contributed by atoms with Gasteiger partial charge in [-0.1, -0.05) is 80.4 Å². The predicted octanol–water partition coefficient (Wildman–Crippen LogP) is 4.80. The Kier molecular flexibility index (Phi) is 3.56. The number of amides is 2. The van der Waals surface area contributed by atoms with Crippen molar-refractivity contribution in [3.63, 3.8) is 0 Å². The smallest absolute Gasteiger partial charge is 0.239 e. The van der Waals surface area contributed by atoms with Gasteiger partial charge in [0.05, 0.1) is 26.2 Å². The van der Waals surface area contributed by atoms with Gasteiger partial charge in [-0.2, -0.15) is 0 Å². The van der Waals surface area contributed by atoms with Gasteiger partial charge in [-0.15, -0.1) is 0 Å². The highest BCUT2D eigenvalue weighted by Gasteiger charge is 2.72. The second kappa shape index (κ2) is 5.83. The van der Waals surface area contributed by atoms with Crippen LogP contribution >= 0.6 is 31.9 Å². The van der Waals surface area contributed by atoms with Crippen molar-refractivity contribution in [2.45, 2.75) is 8.65 Å². The quantitative estimate of drug-likeness (QED) is 0.367. The SMILES string of the molecule is O=C1[C@H]2[C@H](C(=O)N1c1ccc(O)cc1)C1(Br)c3ccccc3C2(Br)c2ccccc21. The molecule has 4 aliphatic rings. The maximum absolute atomic E-state index is 13.8. The molecule has 0 radical (unpaired) electrons. The molecule has 0 aromatic heterocycles. The third-order valence-electron chi connectivity index (χ3n) is 6.69. The summed E-state index contributed by atoms with van der Waals surface area (Å²) < 4.78 is -1.59. The van der Waals surface area contributed by atoms with Crippen molar-refractivity contribution in [1.29, 1.82) is 0 Å². The first kappa shape index (κ1) is 18.3. The Balaban J connectivity index is 1.66. The van der Waals surface area contributed by atoms with E-state index in [9.17, 15) is 14.7 Å². The summed E-state index contributed by atoms with van der Waals surface area (Å²) in [5, 5.41) is 9.65. The first-order valence-corrected chi connectivity index (χ1v) is 11.2. The highest BCUT2D eigenvalue weighted by molar-refractivity contribution is 9.10. The van der Waals surface area contributed by atoms with Crippen LogP contribution in [0.5, 0.6) is 5.75 Å². The summed E-state index contributed by atoms with van der Waals surface area (Å²) in [6.07, 6.45) is 0. The van der Waals surface area contributed by atoms with Gasteiger partial charge < -0.3 is 5.11 Å². The molecule has 1 fully saturated rings. The number of alkyl halides is 2. The number of nitrogens with zero attached hydrogens (tertiary/aromatic N) is 1. The average Bonchev–Trinajstić information content (AvgIpc) is 3.04. The van der Waals surface area contributed by atoms with E-state index in [4.69, 9.17) is 0 Å². The second-order valence-corrected chi connectivity index (χ2v) is 10.5. The first-order valence-electron chi connectivity index (χ1n) is 9.64. The highest BCUT2D eigenvalue weighted by atomic mass is 79.9. The number of aromatic hydroxyl groups is 1. The van der Waals surface area contributed by atoms with Crippen LogP contribution in [0.25, 0.3) is 0 Å². The van der Waals surface area contributed by atoms with Crippen LogP contribution in [0.1, 0.15) is 22.3 Å². The molecule has 2 bridgehead atoms. The zero-order chi connectivity index (χ0) is 20.8. The van der Waals surface area contributed by atoms with E-state index in [2.05, 4.69) is 31.9 Å². The Hall–Kier alpha value is -2.44. The van der Waals surface area contributed by atoms with Gasteiger partial charge in [-0.05, 0) is 46.5 Å². The Morgan fingerprint density at radius 1 is 0.667 bits per heavy atom. The van der Waals surface area contributed by atoms with Gasteiger partial charge in [-0.25, -0.2) is 4.90 Å². The van der Waals surface area contributed by atoms with Gasteiger partial charge >= 0.3 is 0 Å². The molecular formula is C24H15Br2NO3. The zero-order valence-electron chi connectivity index (χ0n) is 15.5. The number of anilines is 1. The number of phenols is 1. The van der Waals surface area contributed by atoms with Gasteiger partial charge in [-0.3, -0.25) is 9.59 Å². The molecule has 3 aliphatic carbocycles. The number of benzene rings is 3. The van der Waals surface area contributed by atoms with E-state index in [-0.39, 0.29) is 17.6 Å². The van der Waals surface area contributed by atoms with Crippen molar-refractivity contribution in [1.82, 2.24) is 0 Å². The molecule has 3 aromatic carbocycles. The molecule has 6 heteroatoms. The molecule has 1 N–H and O–H groups in total. The lowest BCUT2D eigenvalue weighted by Crippen LogP contribution is -2.56. The number of carbonyl (C=O) groups excluding carboxylic acids is 2. The molecule has 4 nitrogen and oxygen atoms in total. The summed E-state index contributed by atoms with van der Waals surface area (Å²) in [6.45, 7) is 0. The van der Waals surface area contributed by atoms with Crippen LogP contribution in [0.3, 0.4) is 0 Å². The van der Waals surface area contributed by atoms with Crippen LogP contribution in [-0.4, -0.2) is 16.9 Å². The minimum atomic E-state index is -0.793. The molecule has 0 spiro atoms. The molecule has 3 aromatic rings. The molecule has 2 amide bonds. The topological polar surface area (TPSA) is 57.6 Å². The number of hydrogen-bond acceptors (Lipinski definition) is 3. The third kappa shape index (κ3) is 1.92. The number of carbonyl (C=O) groups is 2. The molecule has 0 unspecified atom stereocenters. The summed E-state index contributed by atoms with van der Waals surface area (Å²) in [5.41, 5.74) is 4.51. The summed E-state index contributed by atoms with van der Waals surface area (Å²) in [5.74, 6) is -1.57. The van der Waals surface area contributed by atoms with E-state index in [0.29, 0.717) is 5.69 Å². The van der Waals surface area contributed by atoms with Crippen LogP contribution in [0, 0.1) is 11.8 Å². The maximum Gasteiger partial charge on any atom is 0.239 e. The molecule has 1 heterocycles. The Morgan fingerprint density at radius 2 is 1.03 bits per heavy atom. The molecule has 1 aliphatic heterocycles. The van der Waals surface area contributed by atoms with Gasteiger partial charge in [0.1, 0.15) is 5.75 Å². The lowest BCUT2D eigenvalue weighted by molar-refractivity contribution is -0.122. The van der Waals surface area contributed by atoms with Crippen molar-refractivity contribution in [3.05, 3.63) is 95.1 Å². The maximum atomic E-state index is 13.8. The summed E-state index contributed by atoms with van der Waals surface area (Å²) >= 11 is 7.96. The Labute approximate surface area is 189 Å². The molecule has 30 heavy (non-hydrogen) atoms. The summed E-state index contributed by atoms with van der Waals surface area (Å²) in [6, 6.07) is 22.2. The third-order valence-corrected chi connectivity index (χ3v) is 9.39. The van der Waals surface area contributed by atoms with Crippen molar-refractivity contribution in [2.24, 2.45) is 11.8 Å². The van der Waals surface area contributed by atoms with Gasteiger partial charge in [0.15, 0.2) is 0 Å². The Bertz CT molecular complexity index is 1130. The lowest BCUT2D eigenvalue weighted by atomic mass is 9.54. The van der Waals surface area contributed by atoms with Crippen LogP contribution in [-0.2, 0) is 18.2 Å². The van der Waals surface area contributed by atoms with Gasteiger partial charge in [0, 0.05) is 0 Å². The fraction of sp³-hybridized carbons (Fsp3) is 0.167. The van der Waals surface area contributed by atoms with Crippen molar-refractivity contribution in [3.8, 4) is 5.75 Å². The fourth-order valence-corrected chi connectivity index (χ4v) is 7.83. The van der Waals surface area contributed by atoms with E-state index in [0.717, 1.165) is 22.3 Å². The normalized spacial score (nSPS) is 30.8. The van der Waals surface area contributed by atoms with Crippen molar-refractivity contribution >= 4 is 49.4 Å². The van der Waals surface area contributed by atoms with Crippen LogP contribution < -0.4 is 4.90 Å². The summed E-state index contributed by atoms with van der Waals surface area (Å²) in [4.78, 5) is 28.8. The minimum absolute atomic E-state index is 0.0871. The van der Waals surface area contributed by atoms with Crippen LogP contribution in [0.4, 0.5) is 5.69 Å². The molecule has 1 saturated heterocycles. The Morgan fingerprint density at radius 3 is 1.40 bits per heavy atom. The standard InChI is InChI=1S/C24H15Br2NO3/c25-23-15-5-1-2-6-16(15)24(26,18-8-4-3-7-17(18)23)20-19(23)21(29)27(22(20)30)13-9-11-14(28)12-10-13/h1-12,19-20,28H/t19-,20-,23?,24?/m1/s1. The molecule has 2 atom stereocenters. The second-order valence-electron chi connectivity index (χ2n) is 8.00. The lowest BCUT2D eigenvalue weighted by Gasteiger charge is -2.55. The van der Waals surface area contributed by atoms with E-state index >= 15 is 0 Å². The largest absolute Gasteiger partial charge is 0.508 e. The van der Waals surface area contributed by atoms with Crippen molar-refractivity contribution in [2.75, 3.05) is 4.90 Å². The monoisotopic (exact) mass is 523 g/mol. The molecule has 0 saturated carbocycles. The number of phenolic OH excluding ortho intramolecular Hbond substituents is 1. The van der Waals surface area contributed by atoms with Crippen molar-refractivity contribution < 1.29 is 14.7 Å². The summed E-state index contributed by atoms with van der Waals surface area (Å²) in [7, 11) is 0. The molecular weight excluding hydrogens is 510 g/mol. The van der Waals surface area contributed by atoms with Gasteiger partial charge in [0.2, 0.25) is 11.8 Å². The van der Waals surface area contributed by atoms with Gasteiger partial charge in [0.25, 0.3) is 0 Å². The fourth-order valence-electron chi connectivity index (χ4n) is 5.52.